The summed E-state index contributed by atoms with van der Waals surface area (Å²) in [7, 11) is 0. The molecule has 2 aromatic rings. The Morgan fingerprint density at radius 3 is 2.43 bits per heavy atom. The normalized spacial score (nSPS) is 21.5. The van der Waals surface area contributed by atoms with Crippen molar-refractivity contribution in [2.24, 2.45) is 0 Å². The van der Waals surface area contributed by atoms with Gasteiger partial charge in [-0.15, -0.1) is 5.10 Å². The van der Waals surface area contributed by atoms with E-state index in [1.807, 2.05) is 13.8 Å². The molecule has 0 radical (unpaired) electrons. The highest BCUT2D eigenvalue weighted by molar-refractivity contribution is 5.90. The van der Waals surface area contributed by atoms with Crippen molar-refractivity contribution >= 4 is 5.91 Å². The van der Waals surface area contributed by atoms with Crippen molar-refractivity contribution in [1.82, 2.24) is 19.7 Å². The van der Waals surface area contributed by atoms with E-state index in [2.05, 4.69) is 10.1 Å². The topological polar surface area (TPSA) is 60.3 Å². The van der Waals surface area contributed by atoms with Crippen LogP contribution in [-0.2, 0) is 4.74 Å². The number of nitrogens with zero attached hydrogens (tertiary/aromatic N) is 4. The third-order valence-electron chi connectivity index (χ3n) is 3.74. The first-order valence-corrected chi connectivity index (χ1v) is 7.58. The lowest BCUT2D eigenvalue weighted by Crippen LogP contribution is -2.48. The fourth-order valence-corrected chi connectivity index (χ4v) is 2.79. The molecule has 2 atom stereocenters. The van der Waals surface area contributed by atoms with Gasteiger partial charge in [-0.05, 0) is 45.0 Å². The third kappa shape index (κ3) is 3.24. The number of rotatable bonds is 2. The SMILES string of the molecule is Cc1nc(C(=O)N2C[C@H](C)O[C@@H](C)C2)nn1-c1ccc(F)cc1. The predicted octanol–water partition coefficient (Wildman–Crippen LogP) is 1.96. The predicted molar refractivity (Wildman–Crippen MR) is 82.0 cm³/mol. The van der Waals surface area contributed by atoms with Gasteiger partial charge in [0.15, 0.2) is 0 Å². The van der Waals surface area contributed by atoms with Crippen molar-refractivity contribution in [3.05, 3.63) is 41.7 Å². The number of ether oxygens (including phenoxy) is 1. The van der Waals surface area contributed by atoms with Gasteiger partial charge in [-0.3, -0.25) is 4.79 Å². The minimum Gasteiger partial charge on any atom is -0.372 e. The molecule has 0 bridgehead atoms. The van der Waals surface area contributed by atoms with Gasteiger partial charge >= 0.3 is 0 Å². The van der Waals surface area contributed by atoms with Crippen molar-refractivity contribution < 1.29 is 13.9 Å². The van der Waals surface area contributed by atoms with E-state index in [9.17, 15) is 9.18 Å². The third-order valence-corrected chi connectivity index (χ3v) is 3.74. The Morgan fingerprint density at radius 1 is 1.22 bits per heavy atom. The van der Waals surface area contributed by atoms with Crippen LogP contribution >= 0.6 is 0 Å². The maximum absolute atomic E-state index is 13.0. The van der Waals surface area contributed by atoms with Gasteiger partial charge in [-0.25, -0.2) is 14.1 Å². The van der Waals surface area contributed by atoms with Crippen molar-refractivity contribution in [2.75, 3.05) is 13.1 Å². The molecule has 0 N–H and O–H groups in total. The van der Waals surface area contributed by atoms with Gasteiger partial charge in [0.05, 0.1) is 17.9 Å². The standard InChI is InChI=1S/C16H19FN4O2/c1-10-8-20(9-11(2)23-10)16(22)15-18-12(3)21(19-15)14-6-4-13(17)5-7-14/h4-7,10-11H,8-9H2,1-3H3/t10-,11-/m0/s1. The second kappa shape index (κ2) is 6.08. The molecular formula is C16H19FN4O2. The van der Waals surface area contributed by atoms with Crippen LogP contribution in [0.5, 0.6) is 0 Å². The van der Waals surface area contributed by atoms with E-state index in [-0.39, 0.29) is 29.8 Å². The molecule has 0 saturated carbocycles. The Balaban J connectivity index is 1.85. The van der Waals surface area contributed by atoms with Crippen LogP contribution in [0.15, 0.2) is 24.3 Å². The van der Waals surface area contributed by atoms with Crippen LogP contribution < -0.4 is 0 Å². The Morgan fingerprint density at radius 2 is 1.83 bits per heavy atom. The highest BCUT2D eigenvalue weighted by Crippen LogP contribution is 2.15. The molecule has 1 aromatic carbocycles. The van der Waals surface area contributed by atoms with Crippen LogP contribution in [0.4, 0.5) is 4.39 Å². The number of hydrogen-bond acceptors (Lipinski definition) is 4. The average Bonchev–Trinajstić information content (AvgIpc) is 2.88. The van der Waals surface area contributed by atoms with Gasteiger partial charge in [-0.1, -0.05) is 0 Å². The lowest BCUT2D eigenvalue weighted by atomic mass is 10.2. The van der Waals surface area contributed by atoms with E-state index in [0.29, 0.717) is 24.6 Å². The molecule has 1 aliphatic rings. The lowest BCUT2D eigenvalue weighted by molar-refractivity contribution is -0.0588. The molecule has 1 fully saturated rings. The summed E-state index contributed by atoms with van der Waals surface area (Å²) in [6.07, 6.45) is -0.0223. The molecule has 0 unspecified atom stereocenters. The number of carbonyl (C=O) groups is 1. The fraction of sp³-hybridized carbons (Fsp3) is 0.438. The van der Waals surface area contributed by atoms with E-state index in [1.54, 1.807) is 28.6 Å². The molecule has 122 valence electrons. The molecule has 3 rings (SSSR count). The van der Waals surface area contributed by atoms with Crippen LogP contribution in [0.25, 0.3) is 5.69 Å². The molecule has 23 heavy (non-hydrogen) atoms. The fourth-order valence-electron chi connectivity index (χ4n) is 2.79. The molecule has 7 heteroatoms. The second-order valence-electron chi connectivity index (χ2n) is 5.84. The number of morpholine rings is 1. The van der Waals surface area contributed by atoms with Gasteiger partial charge in [-0.2, -0.15) is 0 Å². The summed E-state index contributed by atoms with van der Waals surface area (Å²) < 4.78 is 20.2. The Kier molecular flexibility index (Phi) is 4.12. The molecule has 1 aromatic heterocycles. The van der Waals surface area contributed by atoms with Crippen LogP contribution in [0, 0.1) is 12.7 Å². The summed E-state index contributed by atoms with van der Waals surface area (Å²) >= 11 is 0. The smallest absolute Gasteiger partial charge is 0.293 e. The van der Waals surface area contributed by atoms with Crippen molar-refractivity contribution in [3.63, 3.8) is 0 Å². The second-order valence-corrected chi connectivity index (χ2v) is 5.84. The van der Waals surface area contributed by atoms with Gasteiger partial charge in [0.2, 0.25) is 5.82 Å². The number of aromatic nitrogens is 3. The van der Waals surface area contributed by atoms with Crippen LogP contribution in [0.1, 0.15) is 30.3 Å². The number of benzene rings is 1. The molecular weight excluding hydrogens is 299 g/mol. The summed E-state index contributed by atoms with van der Waals surface area (Å²) in [5.74, 6) is 0.192. The maximum atomic E-state index is 13.0. The van der Waals surface area contributed by atoms with Gasteiger partial charge in [0.25, 0.3) is 5.91 Å². The van der Waals surface area contributed by atoms with E-state index in [4.69, 9.17) is 4.74 Å². The van der Waals surface area contributed by atoms with Gasteiger partial charge in [0.1, 0.15) is 11.6 Å². The van der Waals surface area contributed by atoms with E-state index in [1.165, 1.54) is 12.1 Å². The molecule has 0 aliphatic carbocycles. The van der Waals surface area contributed by atoms with Crippen molar-refractivity contribution in [2.45, 2.75) is 33.0 Å². The van der Waals surface area contributed by atoms with Gasteiger partial charge in [0, 0.05) is 13.1 Å². The molecule has 2 heterocycles. The molecule has 1 saturated heterocycles. The number of hydrogen-bond donors (Lipinski definition) is 0. The highest BCUT2D eigenvalue weighted by Gasteiger charge is 2.29. The van der Waals surface area contributed by atoms with E-state index >= 15 is 0 Å². The number of halogens is 1. The van der Waals surface area contributed by atoms with Crippen LogP contribution in [-0.4, -0.2) is 50.9 Å². The zero-order chi connectivity index (χ0) is 16.6. The highest BCUT2D eigenvalue weighted by atomic mass is 19.1. The number of amides is 1. The summed E-state index contributed by atoms with van der Waals surface area (Å²) in [4.78, 5) is 18.6. The Bertz CT molecular complexity index is 703. The summed E-state index contributed by atoms with van der Waals surface area (Å²) in [5.41, 5.74) is 0.666. The maximum Gasteiger partial charge on any atom is 0.293 e. The first kappa shape index (κ1) is 15.6. The molecule has 1 amide bonds. The lowest BCUT2D eigenvalue weighted by Gasteiger charge is -2.34. The van der Waals surface area contributed by atoms with E-state index < -0.39 is 0 Å². The quantitative estimate of drug-likeness (QED) is 0.849. The summed E-state index contributed by atoms with van der Waals surface area (Å²) in [5, 5.41) is 4.29. The Labute approximate surface area is 133 Å². The monoisotopic (exact) mass is 318 g/mol. The number of aryl methyl sites for hydroxylation is 1. The molecule has 6 nitrogen and oxygen atoms in total. The van der Waals surface area contributed by atoms with Gasteiger partial charge < -0.3 is 9.64 Å². The minimum absolute atomic E-state index is 0.0111. The largest absolute Gasteiger partial charge is 0.372 e. The zero-order valence-corrected chi connectivity index (χ0v) is 13.4. The van der Waals surface area contributed by atoms with Crippen LogP contribution in [0.3, 0.4) is 0 Å². The minimum atomic E-state index is -0.320. The van der Waals surface area contributed by atoms with E-state index in [0.717, 1.165) is 0 Å². The Hall–Kier alpha value is -2.28. The van der Waals surface area contributed by atoms with Crippen molar-refractivity contribution in [3.8, 4) is 5.69 Å². The first-order valence-electron chi connectivity index (χ1n) is 7.58. The molecule has 0 spiro atoms. The van der Waals surface area contributed by atoms with Crippen LogP contribution in [0.2, 0.25) is 0 Å². The zero-order valence-electron chi connectivity index (χ0n) is 13.4. The first-order chi connectivity index (χ1) is 10.9. The molecule has 1 aliphatic heterocycles. The summed E-state index contributed by atoms with van der Waals surface area (Å²) in [6, 6.07) is 5.90. The van der Waals surface area contributed by atoms with Crippen molar-refractivity contribution in [1.29, 1.82) is 0 Å². The summed E-state index contributed by atoms with van der Waals surface area (Å²) in [6.45, 7) is 6.68. The number of carbonyl (C=O) groups excluding carboxylic acids is 1. The average molecular weight is 318 g/mol.